The van der Waals surface area contributed by atoms with Crippen LogP contribution >= 0.6 is 11.6 Å². The molecule has 2 amide bonds. The molecule has 6 aromatic heterocycles. The maximum atomic E-state index is 15.2. The van der Waals surface area contributed by atoms with Crippen molar-refractivity contribution in [1.29, 1.82) is 0 Å². The van der Waals surface area contributed by atoms with Gasteiger partial charge in [-0.05, 0) is 190 Å². The van der Waals surface area contributed by atoms with Crippen LogP contribution in [0.3, 0.4) is 0 Å². The van der Waals surface area contributed by atoms with Crippen LogP contribution in [-0.2, 0) is 31.9 Å². The van der Waals surface area contributed by atoms with Crippen LogP contribution in [0.25, 0.3) is 11.1 Å². The number of nitro groups is 2. The minimum Gasteiger partial charge on any atom is -0.396 e. The first kappa shape index (κ1) is 88.8. The molecule has 37 heteroatoms. The van der Waals surface area contributed by atoms with E-state index in [0.29, 0.717) is 67.0 Å². The molecule has 6 fully saturated rings. The number of fused-ring (bicyclic) bond motifs is 2. The number of hydrogen-bond acceptors (Lipinski definition) is 26. The van der Waals surface area contributed by atoms with Crippen molar-refractivity contribution in [3.8, 4) is 0 Å². The molecule has 5 saturated heterocycles. The molecular weight excluding hydrogens is 1540 g/mol. The molecule has 0 bridgehead atoms. The highest BCUT2D eigenvalue weighted by Crippen LogP contribution is 2.40. The molecule has 0 radical (unpaired) electrons. The molecule has 636 valence electrons. The number of halogens is 3. The predicted molar refractivity (Wildman–Crippen MR) is 447 cm³/mol. The second-order valence-corrected chi connectivity index (χ2v) is 31.7. The number of nitrogen functional groups attached to an aromatic ring is 1. The number of nitrogens with zero attached hydrogens (tertiary/aromatic N) is 20. The number of nitrogens with two attached hydrogens (primary N) is 1. The van der Waals surface area contributed by atoms with E-state index >= 15 is 4.39 Å². The first-order chi connectivity index (χ1) is 56.9. The molecule has 16 rings (SSSR count). The van der Waals surface area contributed by atoms with E-state index in [0.717, 1.165) is 188 Å². The number of piperazine rings is 2. The standard InChI is InChI=1S/C31H40FN9O2.C22H25ClFN5O2.C10H15N3O2.C9H16N4.C6H13NO.C3H3N3O2/c1-38-11-9-22(10-12-38)41-19-21(17-34-41)35-31-33-18-26(32)29(37-31)25-8-7-24-23(25)5-4-6-27(24)36-30(42)28(20-43-3)40-15-13-39(2)14-16-40;1-28-8-10-29(11-9-28)19(13-31-2)21(30)26-18-5-3-4-14-15(18)6-7-16(14)20-17(24)12-25-22(23)27-20;1-8-2-4-9(5-3-8)12-7-10(6-11-12)13(14)15;1-12-4-2-9(3-5-12)13-7-8(10)6-11-13;1-7-4-2-6(8)3-5-7;7-6(8)3-1-4-5-2-3/h4-6,8,17-19,22,28H,7,9-16,20H2,1-3H3,(H,36,42)(H,33,35,37);3-5,7,12,19H,6,8-11,13H2,1-2H3,(H,26,30);6-9H,2-5H2,1H3;6-7,9H,2-5,10H2,1H3;6,8H,2-5H2,1H3;1-2H,(H,4,5)/t28-;19-;;;;/m11..../s1. The van der Waals surface area contributed by atoms with Gasteiger partial charge in [0.25, 0.3) is 0 Å². The number of carbonyl (C=O) groups excluding carboxylic acids is 2. The van der Waals surface area contributed by atoms with Crippen molar-refractivity contribution in [1.82, 2.24) is 93.8 Å². The molecule has 7 N–H and O–H groups in total. The monoisotopic (exact) mass is 1650 g/mol. The Morgan fingerprint density at radius 3 is 1.47 bits per heavy atom. The summed E-state index contributed by atoms with van der Waals surface area (Å²) in [4.78, 5) is 78.3. The molecule has 2 aromatic carbocycles. The number of piperidine rings is 3. The molecular formula is C81H112ClF2N25O9. The van der Waals surface area contributed by atoms with E-state index in [9.17, 15) is 34.2 Å². The largest absolute Gasteiger partial charge is 0.396 e. The van der Waals surface area contributed by atoms with Gasteiger partial charge in [-0.3, -0.25) is 58.8 Å². The summed E-state index contributed by atoms with van der Waals surface area (Å²) in [5, 5.41) is 57.3. The fourth-order valence-corrected chi connectivity index (χ4v) is 15.7. The summed E-state index contributed by atoms with van der Waals surface area (Å²) in [6, 6.07) is 11.8. The molecule has 3 aliphatic carbocycles. The number of amides is 2. The number of ether oxygens (including phenoxy) is 2. The molecule has 5 aliphatic heterocycles. The molecule has 0 spiro atoms. The number of likely N-dealkylation sites (N-methyl/N-ethyl adjacent to an activating group) is 2. The van der Waals surface area contributed by atoms with Gasteiger partial charge in [0.1, 0.15) is 42.1 Å². The fraction of sp³-hybridized carbons (Fsp3) is 0.531. The normalized spacial score (nSPS) is 19.7. The summed E-state index contributed by atoms with van der Waals surface area (Å²) in [6.45, 7) is 16.3. The van der Waals surface area contributed by atoms with Gasteiger partial charge >= 0.3 is 11.4 Å². The van der Waals surface area contributed by atoms with Crippen LogP contribution in [-0.4, -0.2) is 293 Å². The number of aliphatic hydroxyl groups excluding tert-OH is 1. The smallest absolute Gasteiger partial charge is 0.307 e. The Balaban J connectivity index is 0.000000156. The fourth-order valence-electron chi connectivity index (χ4n) is 15.6. The van der Waals surface area contributed by atoms with Gasteiger partial charge in [-0.15, -0.1) is 0 Å². The number of rotatable bonds is 19. The Morgan fingerprint density at radius 2 is 1.03 bits per heavy atom. The van der Waals surface area contributed by atoms with Crippen LogP contribution in [0.2, 0.25) is 5.28 Å². The van der Waals surface area contributed by atoms with E-state index in [-0.39, 0.29) is 58.0 Å². The maximum absolute atomic E-state index is 15.2. The summed E-state index contributed by atoms with van der Waals surface area (Å²) in [7, 11) is 13.8. The molecule has 34 nitrogen and oxygen atoms in total. The van der Waals surface area contributed by atoms with Crippen molar-refractivity contribution >= 4 is 74.6 Å². The molecule has 118 heavy (non-hydrogen) atoms. The van der Waals surface area contributed by atoms with E-state index in [4.69, 9.17) is 31.9 Å². The van der Waals surface area contributed by atoms with Crippen LogP contribution in [0.15, 0.2) is 111 Å². The zero-order valence-electron chi connectivity index (χ0n) is 68.6. The summed E-state index contributed by atoms with van der Waals surface area (Å²) in [6.07, 6.45) is 30.7. The zero-order chi connectivity index (χ0) is 83.9. The summed E-state index contributed by atoms with van der Waals surface area (Å²) < 4.78 is 46.0. The highest BCUT2D eigenvalue weighted by Gasteiger charge is 2.34. The quantitative estimate of drug-likeness (QED) is 0.0249. The van der Waals surface area contributed by atoms with Crippen LogP contribution in [0.5, 0.6) is 0 Å². The second kappa shape index (κ2) is 43.1. The first-order valence-electron chi connectivity index (χ1n) is 40.4. The van der Waals surface area contributed by atoms with Crippen molar-refractivity contribution in [3.63, 3.8) is 0 Å². The van der Waals surface area contributed by atoms with Gasteiger partial charge in [0.05, 0.1) is 89.6 Å². The first-order valence-corrected chi connectivity index (χ1v) is 40.7. The van der Waals surface area contributed by atoms with Crippen molar-refractivity contribution in [2.24, 2.45) is 5.92 Å². The third-order valence-corrected chi connectivity index (χ3v) is 23.0. The third kappa shape index (κ3) is 24.6. The Morgan fingerprint density at radius 1 is 0.576 bits per heavy atom. The highest BCUT2D eigenvalue weighted by atomic mass is 35.5. The van der Waals surface area contributed by atoms with Crippen molar-refractivity contribution in [2.75, 3.05) is 176 Å². The van der Waals surface area contributed by atoms with Crippen LogP contribution in [0.4, 0.5) is 48.9 Å². The highest BCUT2D eigenvalue weighted by molar-refractivity contribution is 6.28. The Hall–Kier alpha value is -9.99. The minimum atomic E-state index is -0.534. The minimum absolute atomic E-state index is 0.00926. The number of allylic oxidation sites excluding steroid dienone is 2. The summed E-state index contributed by atoms with van der Waals surface area (Å²) >= 11 is 5.88. The zero-order valence-corrected chi connectivity index (χ0v) is 69.4. The molecule has 11 heterocycles. The van der Waals surface area contributed by atoms with Crippen molar-refractivity contribution in [2.45, 2.75) is 120 Å². The van der Waals surface area contributed by atoms with E-state index in [1.807, 2.05) is 70.3 Å². The van der Waals surface area contributed by atoms with E-state index in [2.05, 4.69) is 138 Å². The number of likely N-dealkylation sites (tertiary alicyclic amines) is 3. The maximum Gasteiger partial charge on any atom is 0.307 e. The molecule has 8 aliphatic rings. The number of methoxy groups -OCH3 is 2. The van der Waals surface area contributed by atoms with Crippen molar-refractivity contribution in [3.05, 3.63) is 181 Å². The van der Waals surface area contributed by atoms with E-state index in [1.165, 1.54) is 44.3 Å². The number of hydrogen-bond donors (Lipinski definition) is 6. The van der Waals surface area contributed by atoms with Gasteiger partial charge in [-0.2, -0.15) is 20.4 Å². The average Bonchev–Trinajstić information content (AvgIpc) is 1.64. The summed E-state index contributed by atoms with van der Waals surface area (Å²) in [5.74, 6) is -0.165. The lowest BCUT2D eigenvalue weighted by Gasteiger charge is -2.36. The number of benzene rings is 2. The van der Waals surface area contributed by atoms with Gasteiger partial charge in [-0.25, -0.2) is 28.7 Å². The Bertz CT molecular complexity index is 4620. The van der Waals surface area contributed by atoms with Gasteiger partial charge < -0.3 is 60.8 Å². The number of carbonyl (C=O) groups is 2. The summed E-state index contributed by atoms with van der Waals surface area (Å²) in [5.41, 5.74) is 13.9. The molecule has 0 unspecified atom stereocenters. The lowest BCUT2D eigenvalue weighted by molar-refractivity contribution is -0.385. The topological polar surface area (TPSA) is 378 Å². The number of aromatic amines is 1. The number of anilines is 5. The molecule has 1 saturated carbocycles. The third-order valence-electron chi connectivity index (χ3n) is 22.8. The number of nitrogens with one attached hydrogen (secondary N) is 4. The number of aliphatic hydroxyl groups is 1. The van der Waals surface area contributed by atoms with E-state index < -0.39 is 21.5 Å². The predicted octanol–water partition coefficient (Wildman–Crippen LogP) is 9.13. The SMILES string of the molecule is CC1CCC(n2cc([N+](=O)[O-])cn2)CC1.CN1CCC(O)CC1.CN1CCC(n2cc(N)cn2)CC1.COC[C@H](C(=O)Nc1cccc2c1CC=C2c1nc(Cl)ncc1F)N1CCN(C)CC1.COC[C@H](C(=O)Nc1cccc2c1CC=C2c1nc(Nc2cnn(C3CCN(C)CC3)c2)ncc1F)N1CCN(C)CC1.O=[N+]([O-])c1cn[nH]c1. The molecule has 8 aromatic rings. The van der Waals surface area contributed by atoms with Crippen LogP contribution in [0.1, 0.15) is 123 Å². The Kier molecular flexibility index (Phi) is 32.5. The average molecular weight is 1650 g/mol. The molecule has 2 atom stereocenters. The lowest BCUT2D eigenvalue weighted by Crippen LogP contribution is -2.54. The van der Waals surface area contributed by atoms with E-state index in [1.54, 1.807) is 37.5 Å². The number of aromatic nitrogens is 12. The number of H-pyrrole nitrogens is 1. The Labute approximate surface area is 691 Å². The van der Waals surface area contributed by atoms with Gasteiger partial charge in [-0.1, -0.05) is 43.3 Å². The van der Waals surface area contributed by atoms with Crippen molar-refractivity contribution < 1.29 is 42.8 Å². The van der Waals surface area contributed by atoms with Crippen LogP contribution in [0, 0.1) is 37.8 Å². The van der Waals surface area contributed by atoms with Crippen LogP contribution < -0.4 is 21.7 Å². The van der Waals surface area contributed by atoms with Gasteiger partial charge in [0.15, 0.2) is 11.6 Å². The second-order valence-electron chi connectivity index (χ2n) is 31.4. The lowest BCUT2D eigenvalue weighted by atomic mass is 9.87. The van der Waals surface area contributed by atoms with Gasteiger partial charge in [0.2, 0.25) is 23.0 Å². The van der Waals surface area contributed by atoms with Gasteiger partial charge in [0, 0.05) is 115 Å².